The van der Waals surface area contributed by atoms with Gasteiger partial charge in [0.2, 0.25) is 5.91 Å². The second-order valence-electron chi connectivity index (χ2n) is 6.74. The van der Waals surface area contributed by atoms with Gasteiger partial charge < -0.3 is 16.4 Å². The Morgan fingerprint density at radius 1 is 0.967 bits per heavy atom. The fraction of sp³-hybridized carbons (Fsp3) is 0.136. The molecule has 0 aliphatic rings. The van der Waals surface area contributed by atoms with Crippen molar-refractivity contribution < 1.29 is 18.4 Å². The molecule has 30 heavy (non-hydrogen) atoms. The van der Waals surface area contributed by atoms with Gasteiger partial charge in [-0.15, -0.1) is 0 Å². The minimum absolute atomic E-state index is 0.0404. The molecule has 0 bridgehead atoms. The Labute approximate surface area is 172 Å². The molecular formula is C22H20F2N4O2. The summed E-state index contributed by atoms with van der Waals surface area (Å²) < 4.78 is 27.7. The van der Waals surface area contributed by atoms with Crippen molar-refractivity contribution in [3.05, 3.63) is 95.2 Å². The second kappa shape index (κ2) is 8.69. The van der Waals surface area contributed by atoms with E-state index in [-0.39, 0.29) is 16.9 Å². The highest BCUT2D eigenvalue weighted by Crippen LogP contribution is 2.33. The highest BCUT2D eigenvalue weighted by atomic mass is 19.1. The first-order valence-electron chi connectivity index (χ1n) is 9.13. The molecule has 0 aliphatic heterocycles. The number of benzene rings is 2. The number of primary amides is 1. The van der Waals surface area contributed by atoms with Crippen LogP contribution in [0.1, 0.15) is 40.5 Å². The van der Waals surface area contributed by atoms with Crippen LogP contribution >= 0.6 is 0 Å². The molecule has 2 aromatic carbocycles. The fourth-order valence-corrected chi connectivity index (χ4v) is 3.33. The van der Waals surface area contributed by atoms with Gasteiger partial charge in [0, 0.05) is 12.3 Å². The number of amides is 2. The number of halogens is 2. The molecule has 3 rings (SSSR count). The van der Waals surface area contributed by atoms with Gasteiger partial charge in [0.15, 0.2) is 0 Å². The van der Waals surface area contributed by atoms with Crippen LogP contribution in [-0.2, 0) is 4.79 Å². The molecule has 6 nitrogen and oxygen atoms in total. The third-order valence-corrected chi connectivity index (χ3v) is 4.75. The highest BCUT2D eigenvalue weighted by molar-refractivity contribution is 6.01. The van der Waals surface area contributed by atoms with E-state index in [0.717, 1.165) is 18.2 Å². The molecule has 0 radical (unpaired) electrons. The quantitative estimate of drug-likeness (QED) is 0.650. The maximum atomic E-state index is 13.9. The minimum atomic E-state index is -1.21. The number of hydrogen-bond acceptors (Lipinski definition) is 4. The van der Waals surface area contributed by atoms with Gasteiger partial charge >= 0.3 is 0 Å². The van der Waals surface area contributed by atoms with Gasteiger partial charge in [-0.25, -0.2) is 13.8 Å². The summed E-state index contributed by atoms with van der Waals surface area (Å²) in [6, 6.07) is 12.2. The lowest BCUT2D eigenvalue weighted by Crippen LogP contribution is -2.43. The van der Waals surface area contributed by atoms with Crippen molar-refractivity contribution >= 4 is 17.6 Å². The Morgan fingerprint density at radius 3 is 2.17 bits per heavy atom. The Kier molecular flexibility index (Phi) is 6.06. The first kappa shape index (κ1) is 20.9. The van der Waals surface area contributed by atoms with Crippen molar-refractivity contribution in [2.24, 2.45) is 5.73 Å². The smallest absolute Gasteiger partial charge is 0.259 e. The van der Waals surface area contributed by atoms with Crippen LogP contribution in [0.5, 0.6) is 0 Å². The SMILES string of the molecule is C[C@H](c1cc(F)cc(F)c1)N(C(=O)c1cccnc1N)[C@H](C(N)=O)c1ccccc1. The summed E-state index contributed by atoms with van der Waals surface area (Å²) in [7, 11) is 0. The van der Waals surface area contributed by atoms with Crippen LogP contribution in [0.15, 0.2) is 66.9 Å². The molecule has 8 heteroatoms. The molecular weight excluding hydrogens is 390 g/mol. The summed E-state index contributed by atoms with van der Waals surface area (Å²) >= 11 is 0. The minimum Gasteiger partial charge on any atom is -0.383 e. The topological polar surface area (TPSA) is 102 Å². The molecule has 0 unspecified atom stereocenters. The standard InChI is InChI=1S/C22H20F2N4O2/c1-13(15-10-16(23)12-17(24)11-15)28(22(30)18-8-5-9-27-20(18)25)19(21(26)29)14-6-3-2-4-7-14/h2-13,19H,1H3,(H2,25,27)(H2,26,29)/t13-,19+/m1/s1. The zero-order valence-electron chi connectivity index (χ0n) is 16.1. The van der Waals surface area contributed by atoms with E-state index in [1.807, 2.05) is 0 Å². The second-order valence-corrected chi connectivity index (χ2v) is 6.74. The number of anilines is 1. The van der Waals surface area contributed by atoms with E-state index in [1.165, 1.54) is 23.2 Å². The third-order valence-electron chi connectivity index (χ3n) is 4.75. The van der Waals surface area contributed by atoms with E-state index in [1.54, 1.807) is 37.3 Å². The van der Waals surface area contributed by atoms with E-state index < -0.39 is 35.5 Å². The molecule has 0 saturated heterocycles. The number of nitrogen functional groups attached to an aromatic ring is 1. The van der Waals surface area contributed by atoms with Crippen molar-refractivity contribution in [3.63, 3.8) is 0 Å². The number of pyridine rings is 1. The molecule has 2 atom stereocenters. The summed E-state index contributed by atoms with van der Waals surface area (Å²) in [5.41, 5.74) is 12.2. The van der Waals surface area contributed by atoms with E-state index in [4.69, 9.17) is 11.5 Å². The Balaban J connectivity index is 2.18. The lowest BCUT2D eigenvalue weighted by molar-refractivity contribution is -0.123. The van der Waals surface area contributed by atoms with Crippen molar-refractivity contribution in [1.82, 2.24) is 9.88 Å². The molecule has 3 aromatic rings. The molecule has 0 aliphatic carbocycles. The van der Waals surface area contributed by atoms with Gasteiger partial charge in [-0.05, 0) is 42.3 Å². The van der Waals surface area contributed by atoms with Crippen LogP contribution in [0.25, 0.3) is 0 Å². The Bertz CT molecular complexity index is 1060. The van der Waals surface area contributed by atoms with E-state index in [2.05, 4.69) is 4.98 Å². The average molecular weight is 410 g/mol. The predicted octanol–water partition coefficient (Wildman–Crippen LogP) is 3.37. The first-order valence-corrected chi connectivity index (χ1v) is 9.13. The number of carbonyl (C=O) groups excluding carboxylic acids is 2. The summed E-state index contributed by atoms with van der Waals surface area (Å²) in [6.45, 7) is 1.55. The van der Waals surface area contributed by atoms with E-state index >= 15 is 0 Å². The van der Waals surface area contributed by atoms with Gasteiger partial charge in [-0.2, -0.15) is 0 Å². The number of carbonyl (C=O) groups is 2. The van der Waals surface area contributed by atoms with Crippen LogP contribution in [0.3, 0.4) is 0 Å². The monoisotopic (exact) mass is 410 g/mol. The first-order chi connectivity index (χ1) is 14.3. The maximum absolute atomic E-state index is 13.9. The lowest BCUT2D eigenvalue weighted by Gasteiger charge is -2.35. The molecule has 0 spiro atoms. The van der Waals surface area contributed by atoms with Crippen LogP contribution in [0.4, 0.5) is 14.6 Å². The normalized spacial score (nSPS) is 12.8. The molecule has 1 heterocycles. The fourth-order valence-electron chi connectivity index (χ4n) is 3.33. The summed E-state index contributed by atoms with van der Waals surface area (Å²) in [6.07, 6.45) is 1.42. The van der Waals surface area contributed by atoms with Gasteiger partial charge in [0.25, 0.3) is 5.91 Å². The summed E-state index contributed by atoms with van der Waals surface area (Å²) in [5.74, 6) is -3.10. The number of nitrogens with zero attached hydrogens (tertiary/aromatic N) is 2. The van der Waals surface area contributed by atoms with Gasteiger partial charge in [-0.3, -0.25) is 9.59 Å². The van der Waals surface area contributed by atoms with E-state index in [9.17, 15) is 18.4 Å². The lowest BCUT2D eigenvalue weighted by atomic mass is 9.98. The number of nitrogens with two attached hydrogens (primary N) is 2. The molecule has 0 saturated carbocycles. The predicted molar refractivity (Wildman–Crippen MR) is 108 cm³/mol. The molecule has 1 aromatic heterocycles. The van der Waals surface area contributed by atoms with Crippen LogP contribution in [0.2, 0.25) is 0 Å². The van der Waals surface area contributed by atoms with Crippen molar-refractivity contribution in [3.8, 4) is 0 Å². The zero-order valence-corrected chi connectivity index (χ0v) is 16.1. The molecule has 0 fully saturated rings. The molecule has 2 amide bonds. The average Bonchev–Trinajstić information content (AvgIpc) is 2.71. The van der Waals surface area contributed by atoms with Crippen LogP contribution in [-0.4, -0.2) is 21.7 Å². The van der Waals surface area contributed by atoms with Crippen molar-refractivity contribution in [1.29, 1.82) is 0 Å². The number of aromatic nitrogens is 1. The maximum Gasteiger partial charge on any atom is 0.259 e. The van der Waals surface area contributed by atoms with Crippen molar-refractivity contribution in [2.45, 2.75) is 19.0 Å². The van der Waals surface area contributed by atoms with Crippen LogP contribution < -0.4 is 11.5 Å². The number of rotatable bonds is 6. The largest absolute Gasteiger partial charge is 0.383 e. The highest BCUT2D eigenvalue weighted by Gasteiger charge is 2.35. The zero-order chi connectivity index (χ0) is 21.8. The van der Waals surface area contributed by atoms with Crippen LogP contribution in [0, 0.1) is 11.6 Å². The molecule has 154 valence electrons. The van der Waals surface area contributed by atoms with E-state index in [0.29, 0.717) is 5.56 Å². The third kappa shape index (κ3) is 4.27. The molecule has 4 N–H and O–H groups in total. The Morgan fingerprint density at radius 2 is 1.60 bits per heavy atom. The summed E-state index contributed by atoms with van der Waals surface area (Å²) in [4.78, 5) is 31.0. The summed E-state index contributed by atoms with van der Waals surface area (Å²) in [5, 5.41) is 0. The Hall–Kier alpha value is -3.81. The van der Waals surface area contributed by atoms with Gasteiger partial charge in [0.05, 0.1) is 11.6 Å². The van der Waals surface area contributed by atoms with Gasteiger partial charge in [0.1, 0.15) is 23.5 Å². The van der Waals surface area contributed by atoms with Crippen molar-refractivity contribution in [2.75, 3.05) is 5.73 Å². The number of hydrogen-bond donors (Lipinski definition) is 2. The van der Waals surface area contributed by atoms with Gasteiger partial charge in [-0.1, -0.05) is 30.3 Å².